The van der Waals surface area contributed by atoms with Crippen LogP contribution in [0.2, 0.25) is 0 Å². The minimum atomic E-state index is -0.388. The fourth-order valence-electron chi connectivity index (χ4n) is 1.47. The van der Waals surface area contributed by atoms with Crippen LogP contribution >= 0.6 is 0 Å². The van der Waals surface area contributed by atoms with Gasteiger partial charge in [0.05, 0.1) is 6.61 Å². The third-order valence-electron chi connectivity index (χ3n) is 2.24. The normalized spacial score (nSPS) is 18.8. The molecule has 1 aliphatic heterocycles. The Hall–Kier alpha value is -1.81. The van der Waals surface area contributed by atoms with Gasteiger partial charge in [0.25, 0.3) is 0 Å². The Balaban J connectivity index is 2.09. The van der Waals surface area contributed by atoms with Gasteiger partial charge in [-0.2, -0.15) is 0 Å². The predicted molar refractivity (Wildman–Crippen MR) is 58.1 cm³/mol. The molecule has 4 heteroatoms. The highest BCUT2D eigenvalue weighted by Crippen LogP contribution is 2.23. The summed E-state index contributed by atoms with van der Waals surface area (Å²) in [5.74, 6) is -0.388. The molecule has 0 radical (unpaired) electrons. The fourth-order valence-corrected chi connectivity index (χ4v) is 1.47. The van der Waals surface area contributed by atoms with Gasteiger partial charge < -0.3 is 4.74 Å². The molecule has 1 N–H and O–H groups in total. The molecule has 1 aromatic rings. The van der Waals surface area contributed by atoms with Gasteiger partial charge in [0.2, 0.25) is 0 Å². The number of ether oxygens (including phenoxy) is 1. The van der Waals surface area contributed by atoms with Gasteiger partial charge in [0.1, 0.15) is 11.8 Å². The van der Waals surface area contributed by atoms with E-state index in [1.807, 2.05) is 30.3 Å². The van der Waals surface area contributed by atoms with Crippen LogP contribution in [0.4, 0.5) is 0 Å². The number of nitrogens with one attached hydrogen (secondary N) is 1. The van der Waals surface area contributed by atoms with Crippen molar-refractivity contribution in [3.05, 3.63) is 47.7 Å². The van der Waals surface area contributed by atoms with E-state index >= 15 is 0 Å². The van der Waals surface area contributed by atoms with Crippen molar-refractivity contribution in [2.75, 3.05) is 6.61 Å². The van der Waals surface area contributed by atoms with Crippen molar-refractivity contribution in [3.8, 4) is 0 Å². The molecule has 1 heterocycles. The number of benzene rings is 1. The minimum Gasteiger partial charge on any atom is -0.461 e. The Labute approximate surface area is 93.8 Å². The van der Waals surface area contributed by atoms with Gasteiger partial charge in [-0.05, 0) is 18.6 Å². The first-order chi connectivity index (χ1) is 7.81. The molecule has 0 saturated heterocycles. The van der Waals surface area contributed by atoms with Crippen molar-refractivity contribution in [1.82, 2.24) is 5.48 Å². The van der Waals surface area contributed by atoms with E-state index in [1.54, 1.807) is 13.0 Å². The number of carbonyl (C=O) groups excluding carboxylic acids is 1. The molecule has 1 aromatic carbocycles. The van der Waals surface area contributed by atoms with E-state index in [1.165, 1.54) is 0 Å². The highest BCUT2D eigenvalue weighted by atomic mass is 16.7. The molecule has 84 valence electrons. The van der Waals surface area contributed by atoms with Crippen LogP contribution in [0.3, 0.4) is 0 Å². The number of carbonyl (C=O) groups is 1. The standard InChI is InChI=1S/C12H13NO3/c1-2-15-12(14)10-8-11(16-13-10)9-6-4-3-5-7-9/h3-8,11,13H,2H2,1H3. The van der Waals surface area contributed by atoms with Gasteiger partial charge in [-0.25, -0.2) is 4.79 Å². The predicted octanol–water partition coefficient (Wildman–Crippen LogP) is 1.71. The first kappa shape index (κ1) is 10.7. The van der Waals surface area contributed by atoms with E-state index in [2.05, 4.69) is 5.48 Å². The number of rotatable bonds is 3. The van der Waals surface area contributed by atoms with E-state index in [-0.39, 0.29) is 12.1 Å². The van der Waals surface area contributed by atoms with Crippen molar-refractivity contribution < 1.29 is 14.4 Å². The maximum Gasteiger partial charge on any atom is 0.356 e. The van der Waals surface area contributed by atoms with Crippen LogP contribution < -0.4 is 5.48 Å². The Bertz CT molecular complexity index is 400. The summed E-state index contributed by atoms with van der Waals surface area (Å²) in [7, 11) is 0. The molecule has 0 bridgehead atoms. The van der Waals surface area contributed by atoms with Crippen LogP contribution in [0, 0.1) is 0 Å². The number of esters is 1. The first-order valence-electron chi connectivity index (χ1n) is 5.17. The molecule has 0 spiro atoms. The summed E-state index contributed by atoms with van der Waals surface area (Å²) in [6.45, 7) is 2.12. The van der Waals surface area contributed by atoms with Crippen molar-refractivity contribution in [3.63, 3.8) is 0 Å². The average molecular weight is 219 g/mol. The Morgan fingerprint density at radius 2 is 2.19 bits per heavy atom. The van der Waals surface area contributed by atoms with Crippen molar-refractivity contribution in [2.45, 2.75) is 13.0 Å². The summed E-state index contributed by atoms with van der Waals surface area (Å²) in [4.78, 5) is 16.7. The van der Waals surface area contributed by atoms with E-state index in [9.17, 15) is 4.79 Å². The third-order valence-corrected chi connectivity index (χ3v) is 2.24. The monoisotopic (exact) mass is 219 g/mol. The molecule has 16 heavy (non-hydrogen) atoms. The molecule has 0 fully saturated rings. The summed E-state index contributed by atoms with van der Waals surface area (Å²) in [5, 5.41) is 0. The van der Waals surface area contributed by atoms with E-state index in [4.69, 9.17) is 9.57 Å². The zero-order chi connectivity index (χ0) is 11.4. The molecule has 0 saturated carbocycles. The molecule has 2 rings (SSSR count). The lowest BCUT2D eigenvalue weighted by atomic mass is 10.1. The van der Waals surface area contributed by atoms with Crippen LogP contribution in [0.5, 0.6) is 0 Å². The smallest absolute Gasteiger partial charge is 0.356 e. The van der Waals surface area contributed by atoms with E-state index in [0.717, 1.165) is 5.56 Å². The molecular formula is C12H13NO3. The topological polar surface area (TPSA) is 47.6 Å². The van der Waals surface area contributed by atoms with Gasteiger partial charge in [-0.1, -0.05) is 30.3 Å². The molecule has 0 aromatic heterocycles. The molecule has 0 amide bonds. The van der Waals surface area contributed by atoms with Crippen molar-refractivity contribution in [1.29, 1.82) is 0 Å². The maximum absolute atomic E-state index is 11.4. The van der Waals surface area contributed by atoms with Crippen LogP contribution in [-0.4, -0.2) is 12.6 Å². The van der Waals surface area contributed by atoms with Gasteiger partial charge >= 0.3 is 5.97 Å². The van der Waals surface area contributed by atoms with E-state index < -0.39 is 0 Å². The second-order valence-corrected chi connectivity index (χ2v) is 3.35. The Morgan fingerprint density at radius 3 is 2.88 bits per heavy atom. The molecule has 1 aliphatic rings. The lowest BCUT2D eigenvalue weighted by molar-refractivity contribution is -0.140. The molecule has 1 unspecified atom stereocenters. The first-order valence-corrected chi connectivity index (χ1v) is 5.17. The second-order valence-electron chi connectivity index (χ2n) is 3.35. The Morgan fingerprint density at radius 1 is 1.44 bits per heavy atom. The second kappa shape index (κ2) is 4.81. The lowest BCUT2D eigenvalue weighted by Gasteiger charge is -2.06. The highest BCUT2D eigenvalue weighted by molar-refractivity contribution is 5.88. The SMILES string of the molecule is CCOC(=O)C1=CC(c2ccccc2)ON1. The summed E-state index contributed by atoms with van der Waals surface area (Å²) in [6, 6.07) is 9.67. The van der Waals surface area contributed by atoms with Crippen LogP contribution in [0.15, 0.2) is 42.1 Å². The van der Waals surface area contributed by atoms with Crippen molar-refractivity contribution >= 4 is 5.97 Å². The lowest BCUT2D eigenvalue weighted by Crippen LogP contribution is -2.17. The molecule has 4 nitrogen and oxygen atoms in total. The van der Waals surface area contributed by atoms with Crippen LogP contribution in [-0.2, 0) is 14.4 Å². The van der Waals surface area contributed by atoms with Crippen molar-refractivity contribution in [2.24, 2.45) is 0 Å². The van der Waals surface area contributed by atoms with Gasteiger partial charge in [-0.3, -0.25) is 10.3 Å². The number of hydrogen-bond donors (Lipinski definition) is 1. The minimum absolute atomic E-state index is 0.236. The van der Waals surface area contributed by atoms with Crippen LogP contribution in [0.1, 0.15) is 18.6 Å². The van der Waals surface area contributed by atoms with Gasteiger partial charge in [0, 0.05) is 0 Å². The highest BCUT2D eigenvalue weighted by Gasteiger charge is 2.23. The number of hydroxylamine groups is 1. The zero-order valence-corrected chi connectivity index (χ0v) is 8.97. The van der Waals surface area contributed by atoms with Gasteiger partial charge in [0.15, 0.2) is 0 Å². The summed E-state index contributed by atoms with van der Waals surface area (Å²) in [5.41, 5.74) is 3.93. The molecule has 0 aliphatic carbocycles. The summed E-state index contributed by atoms with van der Waals surface area (Å²) < 4.78 is 4.86. The number of hydrogen-bond acceptors (Lipinski definition) is 4. The summed E-state index contributed by atoms with van der Waals surface area (Å²) >= 11 is 0. The maximum atomic E-state index is 11.4. The zero-order valence-electron chi connectivity index (χ0n) is 8.97. The summed E-state index contributed by atoms with van der Waals surface area (Å²) in [6.07, 6.45) is 1.48. The Kier molecular flexibility index (Phi) is 3.22. The fraction of sp³-hybridized carbons (Fsp3) is 0.250. The molecular weight excluding hydrogens is 206 g/mol. The van der Waals surface area contributed by atoms with E-state index in [0.29, 0.717) is 12.3 Å². The molecule has 1 atom stereocenters. The quantitative estimate of drug-likeness (QED) is 0.786. The average Bonchev–Trinajstić information content (AvgIpc) is 2.80. The van der Waals surface area contributed by atoms with Gasteiger partial charge in [-0.15, -0.1) is 0 Å². The third kappa shape index (κ3) is 2.23. The largest absolute Gasteiger partial charge is 0.461 e. The van der Waals surface area contributed by atoms with Crippen LogP contribution in [0.25, 0.3) is 0 Å².